The Morgan fingerprint density at radius 1 is 1.30 bits per heavy atom. The maximum Gasteiger partial charge on any atom is 0.253 e. The first-order valence-electron chi connectivity index (χ1n) is 8.16. The van der Waals surface area contributed by atoms with Crippen molar-refractivity contribution in [3.8, 4) is 0 Å². The number of aromatic amines is 1. The third-order valence-corrected chi connectivity index (χ3v) is 8.16. The highest BCUT2D eigenvalue weighted by molar-refractivity contribution is 7.91. The van der Waals surface area contributed by atoms with Gasteiger partial charge in [0.05, 0.1) is 30.8 Å². The maximum absolute atomic E-state index is 13.0. The molecule has 3 aromatic rings. The first-order chi connectivity index (χ1) is 12.9. The number of amides is 1. The van der Waals surface area contributed by atoms with E-state index in [0.717, 1.165) is 21.4 Å². The molecule has 1 N–H and O–H groups in total. The van der Waals surface area contributed by atoms with Crippen LogP contribution < -0.4 is 0 Å². The molecule has 1 aliphatic rings. The monoisotopic (exact) mass is 423 g/mol. The molecule has 4 rings (SSSR count). The van der Waals surface area contributed by atoms with Crippen LogP contribution in [0.2, 0.25) is 5.02 Å². The van der Waals surface area contributed by atoms with Crippen molar-refractivity contribution >= 4 is 49.0 Å². The number of hydrogen-bond donors (Lipinski definition) is 1. The van der Waals surface area contributed by atoms with E-state index in [1.807, 2.05) is 0 Å². The highest BCUT2D eigenvalue weighted by Gasteiger charge is 2.36. The van der Waals surface area contributed by atoms with Crippen molar-refractivity contribution in [2.24, 2.45) is 0 Å². The average Bonchev–Trinajstić information content (AvgIpc) is 3.30. The van der Waals surface area contributed by atoms with Crippen LogP contribution in [0.4, 0.5) is 0 Å². The molecule has 0 aliphatic carbocycles. The molecular weight excluding hydrogens is 408 g/mol. The fourth-order valence-electron chi connectivity index (χ4n) is 3.05. The number of nitrogens with zero attached hydrogens (tertiary/aromatic N) is 3. The number of aromatic nitrogens is 2. The topological polar surface area (TPSA) is 86.4 Å². The molecule has 7 nitrogen and oxygen atoms in total. The zero-order valence-corrected chi connectivity index (χ0v) is 16.5. The SMILES string of the molecule is [CH2]C(c1cnc[nH]1)N1CCN(S(=O)(=O)c2cc3ccc(Cl)cc3s2)CC1=O. The Labute approximate surface area is 165 Å². The third kappa shape index (κ3) is 3.36. The van der Waals surface area contributed by atoms with Crippen LogP contribution in [0.5, 0.6) is 0 Å². The van der Waals surface area contributed by atoms with Gasteiger partial charge in [0.1, 0.15) is 4.21 Å². The van der Waals surface area contributed by atoms with Crippen LogP contribution in [-0.2, 0) is 14.8 Å². The van der Waals surface area contributed by atoms with Gasteiger partial charge in [-0.2, -0.15) is 4.31 Å². The molecule has 1 unspecified atom stereocenters. The van der Waals surface area contributed by atoms with Gasteiger partial charge in [0, 0.05) is 22.8 Å². The van der Waals surface area contributed by atoms with Gasteiger partial charge in [0.25, 0.3) is 10.0 Å². The second-order valence-corrected chi connectivity index (χ2v) is 9.88. The van der Waals surface area contributed by atoms with Gasteiger partial charge in [-0.3, -0.25) is 4.79 Å². The summed E-state index contributed by atoms with van der Waals surface area (Å²) in [5.41, 5.74) is 0.709. The molecule has 2 aromatic heterocycles. The lowest BCUT2D eigenvalue weighted by molar-refractivity contribution is -0.135. The molecule has 3 heterocycles. The molecule has 1 aromatic carbocycles. The van der Waals surface area contributed by atoms with Crippen LogP contribution >= 0.6 is 22.9 Å². The lowest BCUT2D eigenvalue weighted by Gasteiger charge is -2.36. The summed E-state index contributed by atoms with van der Waals surface area (Å²) in [5, 5.41) is 1.36. The summed E-state index contributed by atoms with van der Waals surface area (Å²) in [5.74, 6) is -0.288. The predicted octanol–water partition coefficient (Wildman–Crippen LogP) is 2.69. The van der Waals surface area contributed by atoms with E-state index in [-0.39, 0.29) is 29.8 Å². The normalized spacial score (nSPS) is 17.6. The number of H-pyrrole nitrogens is 1. The van der Waals surface area contributed by atoms with E-state index < -0.39 is 16.1 Å². The summed E-state index contributed by atoms with van der Waals surface area (Å²) in [6.45, 7) is 4.26. The highest BCUT2D eigenvalue weighted by Crippen LogP contribution is 2.33. The van der Waals surface area contributed by atoms with Crippen molar-refractivity contribution < 1.29 is 13.2 Å². The van der Waals surface area contributed by atoms with E-state index in [1.165, 1.54) is 10.6 Å². The molecule has 1 fully saturated rings. The van der Waals surface area contributed by atoms with Gasteiger partial charge in [-0.05, 0) is 30.5 Å². The number of imidazole rings is 1. The Morgan fingerprint density at radius 3 is 2.81 bits per heavy atom. The molecule has 1 aliphatic heterocycles. The Hall–Kier alpha value is -1.94. The standard InChI is InChI=1S/C17H16ClN4O3S2/c1-11(14-8-19-10-20-14)22-5-4-21(9-16(22)23)27(24,25)17-6-12-2-3-13(18)7-15(12)26-17/h2-3,6-8,10-11H,1,4-5,9H2,(H,19,20). The number of sulfonamides is 1. The van der Waals surface area contributed by atoms with E-state index in [9.17, 15) is 13.2 Å². The van der Waals surface area contributed by atoms with Gasteiger partial charge in [0.2, 0.25) is 5.91 Å². The lowest BCUT2D eigenvalue weighted by Crippen LogP contribution is -2.52. The summed E-state index contributed by atoms with van der Waals surface area (Å²) < 4.78 is 28.2. The first kappa shape index (κ1) is 18.4. The zero-order valence-electron chi connectivity index (χ0n) is 14.1. The molecule has 0 bridgehead atoms. The minimum Gasteiger partial charge on any atom is -0.347 e. The van der Waals surface area contributed by atoms with Crippen molar-refractivity contribution in [3.05, 3.63) is 54.4 Å². The van der Waals surface area contributed by atoms with Crippen LogP contribution in [0.3, 0.4) is 0 Å². The van der Waals surface area contributed by atoms with E-state index in [4.69, 9.17) is 11.6 Å². The summed E-state index contributed by atoms with van der Waals surface area (Å²) in [6, 6.07) is 6.43. The number of thiophene rings is 1. The van der Waals surface area contributed by atoms with Crippen molar-refractivity contribution in [2.75, 3.05) is 19.6 Å². The molecule has 1 radical (unpaired) electrons. The Balaban J connectivity index is 1.56. The molecule has 1 atom stereocenters. The second kappa shape index (κ2) is 6.90. The van der Waals surface area contributed by atoms with Gasteiger partial charge >= 0.3 is 0 Å². The smallest absolute Gasteiger partial charge is 0.253 e. The van der Waals surface area contributed by atoms with Gasteiger partial charge < -0.3 is 9.88 Å². The highest BCUT2D eigenvalue weighted by atomic mass is 35.5. The van der Waals surface area contributed by atoms with E-state index in [2.05, 4.69) is 16.9 Å². The molecular formula is C17H16ClN4O3S2. The van der Waals surface area contributed by atoms with Crippen LogP contribution in [0.1, 0.15) is 11.7 Å². The van der Waals surface area contributed by atoms with Crippen molar-refractivity contribution in [3.63, 3.8) is 0 Å². The lowest BCUT2D eigenvalue weighted by atomic mass is 10.2. The van der Waals surface area contributed by atoms with Gasteiger partial charge in [0.15, 0.2) is 0 Å². The number of carbonyl (C=O) groups excluding carboxylic acids is 1. The molecule has 10 heteroatoms. The maximum atomic E-state index is 13.0. The van der Waals surface area contributed by atoms with Crippen molar-refractivity contribution in [1.29, 1.82) is 0 Å². The Bertz CT molecular complexity index is 1090. The van der Waals surface area contributed by atoms with Crippen molar-refractivity contribution in [1.82, 2.24) is 19.2 Å². The zero-order chi connectivity index (χ0) is 19.2. The van der Waals surface area contributed by atoms with Gasteiger partial charge in [-0.1, -0.05) is 17.7 Å². The number of rotatable bonds is 4. The third-order valence-electron chi connectivity index (χ3n) is 4.53. The number of halogens is 1. The molecule has 1 saturated heterocycles. The van der Waals surface area contributed by atoms with Gasteiger partial charge in [-0.15, -0.1) is 11.3 Å². The average molecular weight is 424 g/mol. The van der Waals surface area contributed by atoms with Crippen LogP contribution in [0, 0.1) is 6.92 Å². The second-order valence-electron chi connectivity index (χ2n) is 6.20. The molecule has 0 saturated carbocycles. The molecule has 141 valence electrons. The summed E-state index contributed by atoms with van der Waals surface area (Å²) >= 11 is 7.14. The van der Waals surface area contributed by atoms with Crippen LogP contribution in [0.15, 0.2) is 41.0 Å². The number of hydrogen-bond acceptors (Lipinski definition) is 5. The van der Waals surface area contributed by atoms with Gasteiger partial charge in [-0.25, -0.2) is 13.4 Å². The first-order valence-corrected chi connectivity index (χ1v) is 10.8. The van der Waals surface area contributed by atoms with Crippen LogP contribution in [0.25, 0.3) is 10.1 Å². The predicted molar refractivity (Wildman–Crippen MR) is 104 cm³/mol. The molecule has 0 spiro atoms. The number of benzene rings is 1. The minimum absolute atomic E-state index is 0.209. The number of carbonyl (C=O) groups is 1. The summed E-state index contributed by atoms with van der Waals surface area (Å²) in [4.78, 5) is 21.0. The van der Waals surface area contributed by atoms with Crippen LogP contribution in [-0.4, -0.2) is 53.1 Å². The number of piperazine rings is 1. The fraction of sp³-hybridized carbons (Fsp3) is 0.235. The Kier molecular flexibility index (Phi) is 4.71. The van der Waals surface area contributed by atoms with E-state index in [1.54, 1.807) is 35.4 Å². The van der Waals surface area contributed by atoms with E-state index in [0.29, 0.717) is 10.7 Å². The summed E-state index contributed by atoms with van der Waals surface area (Å²) in [6.07, 6.45) is 3.13. The fourth-order valence-corrected chi connectivity index (χ4v) is 6.26. The molecule has 27 heavy (non-hydrogen) atoms. The molecule has 1 amide bonds. The minimum atomic E-state index is -3.75. The van der Waals surface area contributed by atoms with Crippen molar-refractivity contribution in [2.45, 2.75) is 10.3 Å². The quantitative estimate of drug-likeness (QED) is 0.699. The number of fused-ring (bicyclic) bond motifs is 1. The summed E-state index contributed by atoms with van der Waals surface area (Å²) in [7, 11) is -3.75. The van der Waals surface area contributed by atoms with E-state index >= 15 is 0 Å². The number of nitrogens with one attached hydrogen (secondary N) is 1. The largest absolute Gasteiger partial charge is 0.347 e. The Morgan fingerprint density at radius 2 is 2.11 bits per heavy atom.